The summed E-state index contributed by atoms with van der Waals surface area (Å²) in [5.74, 6) is 1.70. The van der Waals surface area contributed by atoms with Gasteiger partial charge in [0.1, 0.15) is 5.75 Å². The van der Waals surface area contributed by atoms with E-state index in [0.29, 0.717) is 0 Å². The van der Waals surface area contributed by atoms with E-state index in [9.17, 15) is 0 Å². The van der Waals surface area contributed by atoms with Gasteiger partial charge in [0, 0.05) is 23.5 Å². The highest BCUT2D eigenvalue weighted by molar-refractivity contribution is 5.64. The quantitative estimate of drug-likeness (QED) is 0.266. The van der Waals surface area contributed by atoms with Crippen LogP contribution in [0, 0.1) is 0 Å². The molecule has 3 rings (SSSR count). The van der Waals surface area contributed by atoms with Crippen LogP contribution in [0.2, 0.25) is 0 Å². The molecule has 3 nitrogen and oxygen atoms in total. The third-order valence-electron chi connectivity index (χ3n) is 5.64. The molecule has 0 aliphatic carbocycles. The molecule has 0 N–H and O–H groups in total. The molecule has 0 atom stereocenters. The molecule has 31 heavy (non-hydrogen) atoms. The maximum absolute atomic E-state index is 5.84. The molecule has 0 amide bonds. The predicted octanol–water partition coefficient (Wildman–Crippen LogP) is 7.89. The minimum absolute atomic E-state index is 0.772. The molecule has 1 heterocycles. The average Bonchev–Trinajstić information content (AvgIpc) is 2.83. The van der Waals surface area contributed by atoms with Crippen LogP contribution in [-0.4, -0.2) is 16.6 Å². The largest absolute Gasteiger partial charge is 0.494 e. The van der Waals surface area contributed by atoms with Gasteiger partial charge in [0.2, 0.25) is 0 Å². The second kappa shape index (κ2) is 12.9. The van der Waals surface area contributed by atoms with Crippen LogP contribution in [0.4, 0.5) is 0 Å². The summed E-state index contributed by atoms with van der Waals surface area (Å²) in [4.78, 5) is 9.20. The Morgan fingerprint density at radius 1 is 0.613 bits per heavy atom. The molecule has 3 aromatic rings. The van der Waals surface area contributed by atoms with Crippen LogP contribution in [0.1, 0.15) is 70.8 Å². The van der Waals surface area contributed by atoms with Crippen molar-refractivity contribution in [2.75, 3.05) is 6.61 Å². The van der Waals surface area contributed by atoms with Crippen molar-refractivity contribution < 1.29 is 4.74 Å². The number of aryl methyl sites for hydroxylation is 1. The van der Waals surface area contributed by atoms with Crippen LogP contribution in [-0.2, 0) is 6.42 Å². The first-order chi connectivity index (χ1) is 15.3. The van der Waals surface area contributed by atoms with Crippen LogP contribution in [0.5, 0.6) is 5.75 Å². The number of rotatable bonds is 13. The third-order valence-corrected chi connectivity index (χ3v) is 5.64. The van der Waals surface area contributed by atoms with Crippen LogP contribution < -0.4 is 4.74 Å². The summed E-state index contributed by atoms with van der Waals surface area (Å²) in [5, 5.41) is 0. The monoisotopic (exact) mass is 416 g/mol. The average molecular weight is 417 g/mol. The minimum Gasteiger partial charge on any atom is -0.494 e. The molecular formula is C28H36N2O. The van der Waals surface area contributed by atoms with E-state index in [1.165, 1.54) is 50.5 Å². The Morgan fingerprint density at radius 2 is 1.23 bits per heavy atom. The van der Waals surface area contributed by atoms with E-state index in [4.69, 9.17) is 4.74 Å². The van der Waals surface area contributed by atoms with Crippen molar-refractivity contribution >= 4 is 0 Å². The Balaban J connectivity index is 1.53. The number of ether oxygens (including phenoxy) is 1. The molecule has 0 spiro atoms. The summed E-state index contributed by atoms with van der Waals surface area (Å²) >= 11 is 0. The van der Waals surface area contributed by atoms with Crippen molar-refractivity contribution in [2.24, 2.45) is 0 Å². The summed E-state index contributed by atoms with van der Waals surface area (Å²) in [6.45, 7) is 5.26. The van der Waals surface area contributed by atoms with Crippen molar-refractivity contribution in [1.29, 1.82) is 0 Å². The highest BCUT2D eigenvalue weighted by Gasteiger charge is 2.05. The Hall–Kier alpha value is -2.68. The predicted molar refractivity (Wildman–Crippen MR) is 130 cm³/mol. The Bertz CT molecular complexity index is 870. The molecule has 2 aromatic carbocycles. The fourth-order valence-electron chi connectivity index (χ4n) is 3.67. The molecule has 0 saturated heterocycles. The van der Waals surface area contributed by atoms with Crippen molar-refractivity contribution in [3.63, 3.8) is 0 Å². The molecule has 0 aliphatic rings. The van der Waals surface area contributed by atoms with E-state index < -0.39 is 0 Å². The Kier molecular flexibility index (Phi) is 9.56. The third kappa shape index (κ3) is 7.50. The van der Waals surface area contributed by atoms with Gasteiger partial charge in [-0.15, -0.1) is 0 Å². The molecule has 3 heteroatoms. The van der Waals surface area contributed by atoms with Crippen LogP contribution in [0.3, 0.4) is 0 Å². The number of unbranched alkanes of at least 4 members (excludes halogenated alkanes) is 6. The molecule has 0 unspecified atom stereocenters. The molecule has 0 fully saturated rings. The summed E-state index contributed by atoms with van der Waals surface area (Å²) in [7, 11) is 0. The first-order valence-electron chi connectivity index (χ1n) is 11.9. The van der Waals surface area contributed by atoms with Gasteiger partial charge in [0.25, 0.3) is 0 Å². The van der Waals surface area contributed by atoms with Crippen LogP contribution >= 0.6 is 0 Å². The van der Waals surface area contributed by atoms with Crippen molar-refractivity contribution in [3.8, 4) is 28.3 Å². The van der Waals surface area contributed by atoms with E-state index >= 15 is 0 Å². The minimum atomic E-state index is 0.772. The summed E-state index contributed by atoms with van der Waals surface area (Å²) < 4.78 is 5.84. The number of aromatic nitrogens is 2. The van der Waals surface area contributed by atoms with Crippen molar-refractivity contribution in [2.45, 2.75) is 71.6 Å². The SMILES string of the molecule is CCCCCCOc1ccc(-c2cnc(-c3ccc(CCCCCC)cc3)nc2)cc1. The normalized spacial score (nSPS) is 10.9. The molecule has 0 radical (unpaired) electrons. The lowest BCUT2D eigenvalue weighted by atomic mass is 10.0. The lowest BCUT2D eigenvalue weighted by molar-refractivity contribution is 0.305. The lowest BCUT2D eigenvalue weighted by Gasteiger charge is -2.08. The first kappa shape index (κ1) is 23.0. The summed E-state index contributed by atoms with van der Waals surface area (Å²) in [6, 6.07) is 16.9. The molecule has 0 aliphatic heterocycles. The van der Waals surface area contributed by atoms with E-state index in [1.807, 2.05) is 24.5 Å². The van der Waals surface area contributed by atoms with E-state index in [1.54, 1.807) is 0 Å². The standard InChI is InChI=1S/C28H36N2O/c1-3-5-7-9-11-23-12-14-25(15-13-23)28-29-21-26(22-30-28)24-16-18-27(19-17-24)31-20-10-8-6-4-2/h12-19,21-22H,3-11,20H2,1-2H3. The van der Waals surface area contributed by atoms with Gasteiger partial charge in [-0.05, 0) is 42.5 Å². The fourth-order valence-corrected chi connectivity index (χ4v) is 3.67. The van der Waals surface area contributed by atoms with Gasteiger partial charge in [-0.25, -0.2) is 9.97 Å². The smallest absolute Gasteiger partial charge is 0.159 e. The van der Waals surface area contributed by atoms with Gasteiger partial charge >= 0.3 is 0 Å². The molecule has 0 saturated carbocycles. The maximum atomic E-state index is 5.84. The molecule has 1 aromatic heterocycles. The summed E-state index contributed by atoms with van der Waals surface area (Å²) in [5.41, 5.74) is 4.58. The second-order valence-corrected chi connectivity index (χ2v) is 8.24. The zero-order chi connectivity index (χ0) is 21.7. The van der Waals surface area contributed by atoms with E-state index in [2.05, 4.69) is 60.2 Å². The van der Waals surface area contributed by atoms with E-state index in [-0.39, 0.29) is 0 Å². The van der Waals surface area contributed by atoms with Gasteiger partial charge in [-0.3, -0.25) is 0 Å². The van der Waals surface area contributed by atoms with Gasteiger partial charge in [0.05, 0.1) is 6.61 Å². The zero-order valence-corrected chi connectivity index (χ0v) is 19.1. The topological polar surface area (TPSA) is 35.0 Å². The molecular weight excluding hydrogens is 380 g/mol. The van der Waals surface area contributed by atoms with Gasteiger partial charge < -0.3 is 4.74 Å². The van der Waals surface area contributed by atoms with Gasteiger partial charge in [-0.2, -0.15) is 0 Å². The number of hydrogen-bond donors (Lipinski definition) is 0. The van der Waals surface area contributed by atoms with Crippen LogP contribution in [0.25, 0.3) is 22.5 Å². The van der Waals surface area contributed by atoms with Crippen molar-refractivity contribution in [3.05, 3.63) is 66.5 Å². The van der Waals surface area contributed by atoms with Gasteiger partial charge in [-0.1, -0.05) is 88.8 Å². The Labute approximate surface area is 187 Å². The van der Waals surface area contributed by atoms with Crippen molar-refractivity contribution in [1.82, 2.24) is 9.97 Å². The zero-order valence-electron chi connectivity index (χ0n) is 19.1. The highest BCUT2D eigenvalue weighted by Crippen LogP contribution is 2.23. The number of benzene rings is 2. The number of hydrogen-bond acceptors (Lipinski definition) is 3. The highest BCUT2D eigenvalue weighted by atomic mass is 16.5. The van der Waals surface area contributed by atoms with Crippen LogP contribution in [0.15, 0.2) is 60.9 Å². The Morgan fingerprint density at radius 3 is 1.87 bits per heavy atom. The lowest BCUT2D eigenvalue weighted by Crippen LogP contribution is -1.97. The van der Waals surface area contributed by atoms with E-state index in [0.717, 1.165) is 47.7 Å². The molecule has 0 bridgehead atoms. The molecule has 164 valence electrons. The summed E-state index contributed by atoms with van der Waals surface area (Å²) in [6.07, 6.45) is 15.0. The first-order valence-corrected chi connectivity index (χ1v) is 11.9. The maximum Gasteiger partial charge on any atom is 0.159 e. The van der Waals surface area contributed by atoms with Gasteiger partial charge in [0.15, 0.2) is 5.82 Å². The number of nitrogens with zero attached hydrogens (tertiary/aromatic N) is 2. The fraction of sp³-hybridized carbons (Fsp3) is 0.429. The second-order valence-electron chi connectivity index (χ2n) is 8.24.